The minimum Gasteiger partial charge on any atom is -0.466 e. The Morgan fingerprint density at radius 2 is 1.41 bits per heavy atom. The van der Waals surface area contributed by atoms with Crippen LogP contribution in [0.4, 0.5) is 0 Å². The molecule has 1 atom stereocenters. The highest BCUT2D eigenvalue weighted by Gasteiger charge is 2.10. The van der Waals surface area contributed by atoms with Crippen LogP contribution in [0.1, 0.15) is 122 Å². The van der Waals surface area contributed by atoms with Crippen LogP contribution in [0, 0.1) is 5.92 Å². The molecule has 0 aliphatic heterocycles. The fraction of sp³-hybridized carbons (Fsp3) is 0.808. The van der Waals surface area contributed by atoms with Crippen LogP contribution >= 0.6 is 0 Å². The molecule has 0 aromatic carbocycles. The fourth-order valence-electron chi connectivity index (χ4n) is 3.70. The predicted octanol–water partition coefficient (Wildman–Crippen LogP) is 8.05. The highest BCUT2D eigenvalue weighted by atomic mass is 16.5. The van der Waals surface area contributed by atoms with Gasteiger partial charge in [0.2, 0.25) is 0 Å². The van der Waals surface area contributed by atoms with Crippen LogP contribution in [-0.4, -0.2) is 12.6 Å². The van der Waals surface area contributed by atoms with Crippen LogP contribution in [0.25, 0.3) is 0 Å². The third-order valence-electron chi connectivity index (χ3n) is 5.82. The van der Waals surface area contributed by atoms with E-state index in [-0.39, 0.29) is 5.97 Å². The zero-order valence-electron chi connectivity index (χ0n) is 19.5. The minimum absolute atomic E-state index is 0.0120. The Kier molecular flexibility index (Phi) is 15.6. The van der Waals surface area contributed by atoms with Gasteiger partial charge in [0.25, 0.3) is 0 Å². The summed E-state index contributed by atoms with van der Waals surface area (Å²) in [6.07, 6.45) is 18.2. The molecule has 0 fully saturated rings. The first-order valence-electron chi connectivity index (χ1n) is 12.4. The maximum Gasteiger partial charge on any atom is 0.305 e. The van der Waals surface area contributed by atoms with E-state index in [1.54, 1.807) is 0 Å². The van der Waals surface area contributed by atoms with E-state index in [1.165, 1.54) is 64.2 Å². The molecule has 1 aromatic heterocycles. The zero-order valence-corrected chi connectivity index (χ0v) is 19.5. The van der Waals surface area contributed by atoms with Gasteiger partial charge in [-0.15, -0.1) is 0 Å². The van der Waals surface area contributed by atoms with Gasteiger partial charge in [0.15, 0.2) is 0 Å². The molecule has 0 bridgehead atoms. The number of esters is 1. The van der Waals surface area contributed by atoms with Gasteiger partial charge in [-0.05, 0) is 43.7 Å². The van der Waals surface area contributed by atoms with Gasteiger partial charge in [0.05, 0.1) is 6.61 Å². The van der Waals surface area contributed by atoms with Crippen molar-refractivity contribution in [2.75, 3.05) is 6.61 Å². The lowest BCUT2D eigenvalue weighted by Gasteiger charge is -2.14. The molecule has 29 heavy (non-hydrogen) atoms. The lowest BCUT2D eigenvalue weighted by molar-refractivity contribution is -0.145. The third-order valence-corrected chi connectivity index (χ3v) is 5.82. The summed E-state index contributed by atoms with van der Waals surface area (Å²) in [6.45, 7) is 7.25. The first-order valence-corrected chi connectivity index (χ1v) is 12.4. The molecule has 0 saturated carbocycles. The molecule has 3 nitrogen and oxygen atoms in total. The van der Waals surface area contributed by atoms with Crippen molar-refractivity contribution in [1.82, 2.24) is 0 Å². The monoisotopic (exact) mass is 406 g/mol. The average molecular weight is 407 g/mol. The Morgan fingerprint density at radius 1 is 0.828 bits per heavy atom. The molecular formula is C26H46O3. The smallest absolute Gasteiger partial charge is 0.305 e. The van der Waals surface area contributed by atoms with Crippen molar-refractivity contribution in [3.8, 4) is 0 Å². The Morgan fingerprint density at radius 3 is 2.03 bits per heavy atom. The van der Waals surface area contributed by atoms with Crippen LogP contribution in [-0.2, 0) is 22.4 Å². The zero-order chi connectivity index (χ0) is 21.2. The van der Waals surface area contributed by atoms with Crippen LogP contribution in [0.15, 0.2) is 16.5 Å². The highest BCUT2D eigenvalue weighted by Crippen LogP contribution is 2.16. The number of hydrogen-bond donors (Lipinski definition) is 0. The number of carbonyl (C=O) groups excluding carboxylic acids is 1. The maximum atomic E-state index is 11.9. The molecule has 0 spiro atoms. The van der Waals surface area contributed by atoms with E-state index in [4.69, 9.17) is 9.15 Å². The topological polar surface area (TPSA) is 39.4 Å². The van der Waals surface area contributed by atoms with E-state index >= 15 is 0 Å². The Labute approximate surface area is 180 Å². The van der Waals surface area contributed by atoms with E-state index in [1.807, 2.05) is 0 Å². The highest BCUT2D eigenvalue weighted by molar-refractivity contribution is 5.69. The first kappa shape index (κ1) is 25.8. The fourth-order valence-corrected chi connectivity index (χ4v) is 3.70. The van der Waals surface area contributed by atoms with Crippen LogP contribution in [0.3, 0.4) is 0 Å². The molecular weight excluding hydrogens is 360 g/mol. The second kappa shape index (κ2) is 17.6. The minimum atomic E-state index is -0.0120. The molecule has 1 heterocycles. The molecule has 0 N–H and O–H groups in total. The van der Waals surface area contributed by atoms with Gasteiger partial charge in [-0.2, -0.15) is 0 Å². The molecule has 1 unspecified atom stereocenters. The van der Waals surface area contributed by atoms with E-state index in [0.29, 0.717) is 18.9 Å². The number of unbranched alkanes of at least 4 members (excludes halogenated alkanes) is 8. The first-order chi connectivity index (χ1) is 14.2. The summed E-state index contributed by atoms with van der Waals surface area (Å²) < 4.78 is 11.4. The summed E-state index contributed by atoms with van der Waals surface area (Å²) in [5, 5.41) is 0. The van der Waals surface area contributed by atoms with E-state index in [9.17, 15) is 4.79 Å². The van der Waals surface area contributed by atoms with Gasteiger partial charge < -0.3 is 9.15 Å². The van der Waals surface area contributed by atoms with Crippen molar-refractivity contribution in [3.05, 3.63) is 23.7 Å². The van der Waals surface area contributed by atoms with Crippen LogP contribution < -0.4 is 0 Å². The molecule has 168 valence electrons. The molecule has 1 aromatic rings. The molecule has 0 aliphatic rings. The van der Waals surface area contributed by atoms with Gasteiger partial charge in [0.1, 0.15) is 11.5 Å². The van der Waals surface area contributed by atoms with Gasteiger partial charge >= 0.3 is 5.97 Å². The molecule has 3 heteroatoms. The largest absolute Gasteiger partial charge is 0.466 e. The number of rotatable bonds is 19. The summed E-state index contributed by atoms with van der Waals surface area (Å²) in [5.41, 5.74) is 0. The standard InChI is InChI=1S/C26H46O3/c1-4-7-9-13-17-24-20-21-25(29-24)18-14-11-10-12-15-19-26(27)28-22-23(6-3)16-8-5-2/h20-21,23H,4-19,22H2,1-3H3. The lowest BCUT2D eigenvalue weighted by Crippen LogP contribution is -2.13. The summed E-state index contributed by atoms with van der Waals surface area (Å²) in [5.74, 6) is 2.81. The quantitative estimate of drug-likeness (QED) is 0.172. The normalized spacial score (nSPS) is 12.2. The van der Waals surface area contributed by atoms with Gasteiger partial charge in [-0.25, -0.2) is 0 Å². The average Bonchev–Trinajstić information content (AvgIpc) is 3.18. The van der Waals surface area contributed by atoms with Gasteiger partial charge in [0, 0.05) is 19.3 Å². The van der Waals surface area contributed by atoms with E-state index < -0.39 is 0 Å². The molecule has 0 aliphatic carbocycles. The predicted molar refractivity (Wildman–Crippen MR) is 122 cm³/mol. The molecule has 1 rings (SSSR count). The molecule has 0 saturated heterocycles. The summed E-state index contributed by atoms with van der Waals surface area (Å²) in [6, 6.07) is 4.30. The summed E-state index contributed by atoms with van der Waals surface area (Å²) in [7, 11) is 0. The number of aryl methyl sites for hydroxylation is 2. The summed E-state index contributed by atoms with van der Waals surface area (Å²) >= 11 is 0. The maximum absolute atomic E-state index is 11.9. The SMILES string of the molecule is CCCCCCc1ccc(CCCCCCCC(=O)OCC(CC)CCCC)o1. The van der Waals surface area contributed by atoms with E-state index in [0.717, 1.165) is 43.6 Å². The lowest BCUT2D eigenvalue weighted by atomic mass is 10.0. The van der Waals surface area contributed by atoms with Crippen LogP contribution in [0.2, 0.25) is 0 Å². The Hall–Kier alpha value is -1.25. The molecule has 0 radical (unpaired) electrons. The van der Waals surface area contributed by atoms with Crippen molar-refractivity contribution in [2.45, 2.75) is 124 Å². The number of hydrogen-bond acceptors (Lipinski definition) is 3. The molecule has 0 amide bonds. The second-order valence-corrected chi connectivity index (χ2v) is 8.55. The van der Waals surface area contributed by atoms with E-state index in [2.05, 4.69) is 32.9 Å². The van der Waals surface area contributed by atoms with Crippen molar-refractivity contribution < 1.29 is 13.9 Å². The Balaban J connectivity index is 1.99. The van der Waals surface area contributed by atoms with Crippen molar-refractivity contribution in [2.24, 2.45) is 5.92 Å². The van der Waals surface area contributed by atoms with Crippen LogP contribution in [0.5, 0.6) is 0 Å². The van der Waals surface area contributed by atoms with Gasteiger partial charge in [-0.1, -0.05) is 78.6 Å². The number of ether oxygens (including phenoxy) is 1. The Bertz CT molecular complexity index is 506. The second-order valence-electron chi connectivity index (χ2n) is 8.55. The van der Waals surface area contributed by atoms with Crippen molar-refractivity contribution >= 4 is 5.97 Å². The van der Waals surface area contributed by atoms with Gasteiger partial charge in [-0.3, -0.25) is 4.79 Å². The van der Waals surface area contributed by atoms with Crippen molar-refractivity contribution in [1.29, 1.82) is 0 Å². The third kappa shape index (κ3) is 13.6. The number of carbonyl (C=O) groups is 1. The number of furan rings is 1. The summed E-state index contributed by atoms with van der Waals surface area (Å²) in [4.78, 5) is 11.9. The van der Waals surface area contributed by atoms with Crippen molar-refractivity contribution in [3.63, 3.8) is 0 Å².